The Morgan fingerprint density at radius 3 is 2.32 bits per heavy atom. The Balaban J connectivity index is 0.000000509. The van der Waals surface area contributed by atoms with Gasteiger partial charge in [0.15, 0.2) is 5.65 Å². The predicted molar refractivity (Wildman–Crippen MR) is 122 cm³/mol. The molecule has 0 saturated heterocycles. The number of carbonyl (C=O) groups excluding carboxylic acids is 1. The quantitative estimate of drug-likeness (QED) is 0.581. The molecule has 2 aromatic heterocycles. The summed E-state index contributed by atoms with van der Waals surface area (Å²) in [4.78, 5) is 28.8. The van der Waals surface area contributed by atoms with E-state index in [9.17, 15) is 18.0 Å². The van der Waals surface area contributed by atoms with Crippen molar-refractivity contribution in [3.63, 3.8) is 0 Å². The standard InChI is InChI=1S/C21H27N5O.C2HF3O2/c1-13-8-7-9-16(10-13)18(12-25(4)5)23-21(27)17-11-14(2)22-20-19(17)15(3)24-26(20)6;3-2(4,5)1(6)7/h7-11,18H,12H2,1-6H3,(H,23,27);(H,6,7). The average Bonchev–Trinajstić information content (AvgIpc) is 2.99. The number of benzene rings is 1. The highest BCUT2D eigenvalue weighted by molar-refractivity contribution is 6.06. The molecule has 0 fully saturated rings. The minimum Gasteiger partial charge on any atom is -0.475 e. The van der Waals surface area contributed by atoms with Crippen molar-refractivity contribution >= 4 is 22.9 Å². The zero-order valence-corrected chi connectivity index (χ0v) is 19.9. The molecule has 184 valence electrons. The maximum Gasteiger partial charge on any atom is 0.490 e. The number of likely N-dealkylation sites (N-methyl/N-ethyl adjacent to an activating group) is 1. The summed E-state index contributed by atoms with van der Waals surface area (Å²) in [6, 6.07) is 10.0. The van der Waals surface area contributed by atoms with Crippen LogP contribution in [-0.2, 0) is 11.8 Å². The van der Waals surface area contributed by atoms with Gasteiger partial charge in [-0.3, -0.25) is 9.48 Å². The van der Waals surface area contributed by atoms with Crippen LogP contribution < -0.4 is 5.32 Å². The molecule has 11 heteroatoms. The van der Waals surface area contributed by atoms with Gasteiger partial charge in [0, 0.05) is 19.3 Å². The van der Waals surface area contributed by atoms with Gasteiger partial charge in [-0.15, -0.1) is 0 Å². The van der Waals surface area contributed by atoms with Crippen LogP contribution in [0.4, 0.5) is 13.2 Å². The van der Waals surface area contributed by atoms with Crippen molar-refractivity contribution in [3.05, 3.63) is 58.4 Å². The van der Waals surface area contributed by atoms with E-state index in [1.807, 2.05) is 47.1 Å². The first kappa shape index (κ1) is 26.8. The fraction of sp³-hybridized carbons (Fsp3) is 0.391. The summed E-state index contributed by atoms with van der Waals surface area (Å²) >= 11 is 0. The van der Waals surface area contributed by atoms with Gasteiger partial charge in [0.1, 0.15) is 0 Å². The van der Waals surface area contributed by atoms with Crippen LogP contribution in [0.1, 0.15) is 38.9 Å². The molecule has 1 atom stereocenters. The molecule has 8 nitrogen and oxygen atoms in total. The van der Waals surface area contributed by atoms with Crippen molar-refractivity contribution in [1.29, 1.82) is 0 Å². The molecule has 0 aliphatic rings. The Morgan fingerprint density at radius 2 is 1.79 bits per heavy atom. The number of hydrogen-bond acceptors (Lipinski definition) is 5. The Morgan fingerprint density at radius 1 is 1.18 bits per heavy atom. The van der Waals surface area contributed by atoms with Gasteiger partial charge >= 0.3 is 12.1 Å². The lowest BCUT2D eigenvalue weighted by atomic mass is 10.0. The van der Waals surface area contributed by atoms with Gasteiger partial charge in [-0.25, -0.2) is 9.78 Å². The normalized spacial score (nSPS) is 12.3. The molecule has 0 aliphatic heterocycles. The highest BCUT2D eigenvalue weighted by Gasteiger charge is 2.38. The number of halogens is 3. The smallest absolute Gasteiger partial charge is 0.475 e. The van der Waals surface area contributed by atoms with E-state index in [0.29, 0.717) is 12.1 Å². The van der Waals surface area contributed by atoms with Gasteiger partial charge in [0.2, 0.25) is 0 Å². The molecule has 0 saturated carbocycles. The van der Waals surface area contributed by atoms with E-state index in [-0.39, 0.29) is 11.9 Å². The summed E-state index contributed by atoms with van der Waals surface area (Å²) < 4.78 is 33.5. The molecular weight excluding hydrogens is 451 g/mol. The maximum atomic E-state index is 13.2. The number of alkyl halides is 3. The Kier molecular flexibility index (Phi) is 8.38. The van der Waals surface area contributed by atoms with E-state index in [1.165, 1.54) is 5.56 Å². The number of pyridine rings is 1. The zero-order valence-electron chi connectivity index (χ0n) is 19.9. The molecule has 1 aromatic carbocycles. The van der Waals surface area contributed by atoms with Gasteiger partial charge in [0.05, 0.1) is 22.7 Å². The number of hydrogen-bond donors (Lipinski definition) is 2. The third-order valence-electron chi connectivity index (χ3n) is 4.88. The number of aryl methyl sites for hydroxylation is 4. The summed E-state index contributed by atoms with van der Waals surface area (Å²) in [5, 5.41) is 15.6. The van der Waals surface area contributed by atoms with Crippen LogP contribution in [0, 0.1) is 20.8 Å². The third kappa shape index (κ3) is 6.77. The summed E-state index contributed by atoms with van der Waals surface area (Å²) in [5.41, 5.74) is 5.25. The second kappa shape index (κ2) is 10.6. The van der Waals surface area contributed by atoms with Gasteiger partial charge in [-0.1, -0.05) is 29.8 Å². The highest BCUT2D eigenvalue weighted by Crippen LogP contribution is 2.23. The number of fused-ring (bicyclic) bond motifs is 1. The van der Waals surface area contributed by atoms with Crippen LogP contribution in [-0.4, -0.2) is 63.5 Å². The first-order chi connectivity index (χ1) is 15.7. The second-order valence-electron chi connectivity index (χ2n) is 8.22. The van der Waals surface area contributed by atoms with E-state index in [4.69, 9.17) is 9.90 Å². The number of aliphatic carboxylic acids is 1. The molecule has 0 bridgehead atoms. The number of aromatic nitrogens is 3. The summed E-state index contributed by atoms with van der Waals surface area (Å²) in [5.74, 6) is -2.86. The number of nitrogens with zero attached hydrogens (tertiary/aromatic N) is 4. The van der Waals surface area contributed by atoms with Crippen LogP contribution in [0.25, 0.3) is 11.0 Å². The fourth-order valence-electron chi connectivity index (χ4n) is 3.47. The van der Waals surface area contributed by atoms with Gasteiger partial charge in [0.25, 0.3) is 5.91 Å². The highest BCUT2D eigenvalue weighted by atomic mass is 19.4. The van der Waals surface area contributed by atoms with Crippen LogP contribution in [0.3, 0.4) is 0 Å². The lowest BCUT2D eigenvalue weighted by molar-refractivity contribution is -0.192. The molecular formula is C23H28F3N5O3. The van der Waals surface area contributed by atoms with Crippen molar-refractivity contribution in [2.75, 3.05) is 20.6 Å². The van der Waals surface area contributed by atoms with E-state index >= 15 is 0 Å². The number of nitrogens with one attached hydrogen (secondary N) is 1. The van der Waals surface area contributed by atoms with Crippen molar-refractivity contribution in [3.8, 4) is 0 Å². The van der Waals surface area contributed by atoms with Crippen molar-refractivity contribution < 1.29 is 27.9 Å². The molecule has 0 radical (unpaired) electrons. The Labute approximate surface area is 195 Å². The monoisotopic (exact) mass is 479 g/mol. The first-order valence-corrected chi connectivity index (χ1v) is 10.3. The minimum atomic E-state index is -5.08. The van der Waals surface area contributed by atoms with Gasteiger partial charge < -0.3 is 15.3 Å². The van der Waals surface area contributed by atoms with Crippen molar-refractivity contribution in [2.24, 2.45) is 7.05 Å². The minimum absolute atomic E-state index is 0.102. The molecule has 34 heavy (non-hydrogen) atoms. The summed E-state index contributed by atoms with van der Waals surface area (Å²) in [7, 11) is 5.87. The Hall–Kier alpha value is -3.47. The molecule has 1 amide bonds. The summed E-state index contributed by atoms with van der Waals surface area (Å²) in [6.45, 7) is 6.59. The van der Waals surface area contributed by atoms with Crippen LogP contribution in [0.5, 0.6) is 0 Å². The molecule has 0 spiro atoms. The molecule has 0 aliphatic carbocycles. The summed E-state index contributed by atoms with van der Waals surface area (Å²) in [6.07, 6.45) is -5.08. The van der Waals surface area contributed by atoms with Crippen molar-refractivity contribution in [1.82, 2.24) is 25.0 Å². The maximum absolute atomic E-state index is 13.2. The number of carboxylic acids is 1. The molecule has 2 heterocycles. The van der Waals surface area contributed by atoms with Crippen LogP contribution in [0.2, 0.25) is 0 Å². The van der Waals surface area contributed by atoms with Crippen LogP contribution >= 0.6 is 0 Å². The molecule has 1 unspecified atom stereocenters. The molecule has 3 aromatic rings. The predicted octanol–water partition coefficient (Wildman–Crippen LogP) is 3.56. The zero-order chi connectivity index (χ0) is 25.8. The van der Waals surface area contributed by atoms with Gasteiger partial charge in [-0.05, 0) is 46.5 Å². The second-order valence-corrected chi connectivity index (χ2v) is 8.22. The number of rotatable bonds is 5. The topological polar surface area (TPSA) is 100 Å². The lowest BCUT2D eigenvalue weighted by Gasteiger charge is -2.23. The van der Waals surface area contributed by atoms with E-state index in [1.54, 1.807) is 4.68 Å². The average molecular weight is 480 g/mol. The van der Waals surface area contributed by atoms with Crippen LogP contribution in [0.15, 0.2) is 30.3 Å². The van der Waals surface area contributed by atoms with E-state index in [0.717, 1.165) is 28.0 Å². The number of carbonyl (C=O) groups is 2. The first-order valence-electron chi connectivity index (χ1n) is 10.3. The van der Waals surface area contributed by atoms with Gasteiger partial charge in [-0.2, -0.15) is 18.3 Å². The van der Waals surface area contributed by atoms with E-state index < -0.39 is 12.1 Å². The largest absolute Gasteiger partial charge is 0.490 e. The number of carboxylic acid groups (broad SMARTS) is 1. The number of amides is 1. The molecule has 2 N–H and O–H groups in total. The third-order valence-corrected chi connectivity index (χ3v) is 4.88. The van der Waals surface area contributed by atoms with Crippen molar-refractivity contribution in [2.45, 2.75) is 33.0 Å². The lowest BCUT2D eigenvalue weighted by Crippen LogP contribution is -2.35. The molecule has 3 rings (SSSR count). The fourth-order valence-corrected chi connectivity index (χ4v) is 3.47. The Bertz CT molecular complexity index is 1190. The SMILES string of the molecule is Cc1cccc(C(CN(C)C)NC(=O)c2cc(C)nc3c2c(C)nn3C)c1.O=C(O)C(F)(F)F. The van der Waals surface area contributed by atoms with E-state index in [2.05, 4.69) is 45.4 Å².